The van der Waals surface area contributed by atoms with Gasteiger partial charge < -0.3 is 4.74 Å². The molecule has 0 aliphatic carbocycles. The van der Waals surface area contributed by atoms with Crippen molar-refractivity contribution in [2.45, 2.75) is 33.0 Å². The standard InChI is InChI=1S/C15H19NO5S/c1-15(2,3)21-14(17)16-12(10-20-22(4,18)19)9-11-7-5-6-8-13(11)16/h5-9H,10H2,1-4H3. The number of carbonyl (C=O) groups excluding carboxylic acids is 1. The maximum Gasteiger partial charge on any atom is 0.419 e. The molecule has 0 aliphatic rings. The van der Waals surface area contributed by atoms with Crippen molar-refractivity contribution in [3.05, 3.63) is 36.0 Å². The summed E-state index contributed by atoms with van der Waals surface area (Å²) in [6.45, 7) is 5.07. The topological polar surface area (TPSA) is 74.6 Å². The molecule has 1 aromatic heterocycles. The molecule has 22 heavy (non-hydrogen) atoms. The van der Waals surface area contributed by atoms with E-state index in [1.165, 1.54) is 4.57 Å². The van der Waals surface area contributed by atoms with Gasteiger partial charge in [-0.25, -0.2) is 9.36 Å². The van der Waals surface area contributed by atoms with Crippen LogP contribution in [0.4, 0.5) is 4.79 Å². The summed E-state index contributed by atoms with van der Waals surface area (Å²) in [4.78, 5) is 12.4. The fourth-order valence-electron chi connectivity index (χ4n) is 2.01. The Labute approximate surface area is 129 Å². The smallest absolute Gasteiger partial charge is 0.419 e. The van der Waals surface area contributed by atoms with Crippen molar-refractivity contribution in [2.24, 2.45) is 0 Å². The van der Waals surface area contributed by atoms with Gasteiger partial charge in [-0.05, 0) is 32.9 Å². The second-order valence-electron chi connectivity index (χ2n) is 5.98. The first-order chi connectivity index (χ1) is 10.1. The Morgan fingerprint density at radius 3 is 2.45 bits per heavy atom. The van der Waals surface area contributed by atoms with Crippen molar-refractivity contribution in [3.63, 3.8) is 0 Å². The third kappa shape index (κ3) is 4.08. The van der Waals surface area contributed by atoms with Crippen LogP contribution < -0.4 is 0 Å². The molecular weight excluding hydrogens is 306 g/mol. The van der Waals surface area contributed by atoms with Crippen LogP contribution in [-0.2, 0) is 25.6 Å². The number of ether oxygens (including phenoxy) is 1. The van der Waals surface area contributed by atoms with E-state index < -0.39 is 21.8 Å². The SMILES string of the molecule is CC(C)(C)OC(=O)n1c(COS(C)(=O)=O)cc2ccccc21. The second kappa shape index (κ2) is 5.73. The maximum atomic E-state index is 12.4. The number of aromatic nitrogens is 1. The highest BCUT2D eigenvalue weighted by Crippen LogP contribution is 2.22. The summed E-state index contributed by atoms with van der Waals surface area (Å²) in [5.74, 6) is 0. The second-order valence-corrected chi connectivity index (χ2v) is 7.62. The Hall–Kier alpha value is -1.86. The highest BCUT2D eigenvalue weighted by molar-refractivity contribution is 7.85. The van der Waals surface area contributed by atoms with Gasteiger partial charge in [0.2, 0.25) is 0 Å². The molecule has 0 atom stereocenters. The number of carbonyl (C=O) groups is 1. The summed E-state index contributed by atoms with van der Waals surface area (Å²) in [7, 11) is -3.60. The lowest BCUT2D eigenvalue weighted by molar-refractivity contribution is 0.0535. The molecule has 0 saturated heterocycles. The largest absolute Gasteiger partial charge is 0.443 e. The van der Waals surface area contributed by atoms with Gasteiger partial charge in [0, 0.05) is 5.39 Å². The molecule has 6 nitrogen and oxygen atoms in total. The van der Waals surface area contributed by atoms with Crippen molar-refractivity contribution in [1.82, 2.24) is 4.57 Å². The summed E-state index contributed by atoms with van der Waals surface area (Å²) in [5, 5.41) is 0.806. The molecule has 0 spiro atoms. The van der Waals surface area contributed by atoms with Crippen molar-refractivity contribution in [2.75, 3.05) is 6.26 Å². The minimum absolute atomic E-state index is 0.229. The van der Waals surface area contributed by atoms with E-state index in [9.17, 15) is 13.2 Å². The van der Waals surface area contributed by atoms with Crippen LogP contribution in [0.15, 0.2) is 30.3 Å². The minimum atomic E-state index is -3.60. The molecule has 0 saturated carbocycles. The molecule has 1 aromatic carbocycles. The third-order valence-corrected chi connectivity index (χ3v) is 3.33. The Morgan fingerprint density at radius 1 is 1.23 bits per heavy atom. The molecule has 0 aliphatic heterocycles. The predicted molar refractivity (Wildman–Crippen MR) is 83.2 cm³/mol. The van der Waals surface area contributed by atoms with Gasteiger partial charge in [-0.2, -0.15) is 8.42 Å². The summed E-state index contributed by atoms with van der Waals surface area (Å²) in [5.41, 5.74) is 0.405. The van der Waals surface area contributed by atoms with E-state index in [0.29, 0.717) is 11.2 Å². The molecule has 2 aromatic rings. The number of hydrogen-bond donors (Lipinski definition) is 0. The molecule has 7 heteroatoms. The quantitative estimate of drug-likeness (QED) is 0.811. The first kappa shape index (κ1) is 16.5. The van der Waals surface area contributed by atoms with E-state index in [-0.39, 0.29) is 6.61 Å². The zero-order chi connectivity index (χ0) is 16.5. The molecule has 0 bridgehead atoms. The number of benzene rings is 1. The third-order valence-electron chi connectivity index (χ3n) is 2.78. The average molecular weight is 325 g/mol. The van der Waals surface area contributed by atoms with Crippen LogP contribution in [0.5, 0.6) is 0 Å². The Morgan fingerprint density at radius 2 is 1.86 bits per heavy atom. The van der Waals surface area contributed by atoms with Gasteiger partial charge in [-0.3, -0.25) is 4.18 Å². The molecule has 0 radical (unpaired) electrons. The summed E-state index contributed by atoms with van der Waals surface area (Å²) < 4.78 is 33.9. The van der Waals surface area contributed by atoms with Crippen molar-refractivity contribution in [3.8, 4) is 0 Å². The number of nitrogens with zero attached hydrogens (tertiary/aromatic N) is 1. The zero-order valence-corrected chi connectivity index (χ0v) is 13.8. The predicted octanol–water partition coefficient (Wildman–Crippen LogP) is 2.90. The van der Waals surface area contributed by atoms with Gasteiger partial charge >= 0.3 is 6.09 Å². The Balaban J connectivity index is 2.46. The van der Waals surface area contributed by atoms with Crippen LogP contribution in [0.3, 0.4) is 0 Å². The molecular formula is C15H19NO5S. The lowest BCUT2D eigenvalue weighted by atomic mass is 10.2. The first-order valence-electron chi connectivity index (χ1n) is 6.74. The van der Waals surface area contributed by atoms with Gasteiger partial charge in [0.05, 0.1) is 17.5 Å². The van der Waals surface area contributed by atoms with Gasteiger partial charge in [0.15, 0.2) is 0 Å². The van der Waals surface area contributed by atoms with Crippen LogP contribution in [0.2, 0.25) is 0 Å². The highest BCUT2D eigenvalue weighted by atomic mass is 32.2. The molecule has 0 amide bonds. The molecule has 2 rings (SSSR count). The van der Waals surface area contributed by atoms with E-state index in [1.54, 1.807) is 39.0 Å². The van der Waals surface area contributed by atoms with Gasteiger partial charge in [0.1, 0.15) is 12.2 Å². The lowest BCUT2D eigenvalue weighted by Crippen LogP contribution is -2.28. The fraction of sp³-hybridized carbons (Fsp3) is 0.400. The molecule has 0 N–H and O–H groups in total. The van der Waals surface area contributed by atoms with E-state index in [2.05, 4.69) is 0 Å². The van der Waals surface area contributed by atoms with E-state index >= 15 is 0 Å². The zero-order valence-electron chi connectivity index (χ0n) is 13.0. The molecule has 120 valence electrons. The average Bonchev–Trinajstić information content (AvgIpc) is 2.71. The minimum Gasteiger partial charge on any atom is -0.443 e. The molecule has 1 heterocycles. The number of hydrogen-bond acceptors (Lipinski definition) is 5. The van der Waals surface area contributed by atoms with Crippen molar-refractivity contribution < 1.29 is 22.1 Å². The Kier molecular flexibility index (Phi) is 4.30. The van der Waals surface area contributed by atoms with E-state index in [1.807, 2.05) is 12.1 Å². The Bertz CT molecular complexity index is 799. The van der Waals surface area contributed by atoms with Crippen LogP contribution in [0.25, 0.3) is 10.9 Å². The maximum absolute atomic E-state index is 12.4. The summed E-state index contributed by atoms with van der Waals surface area (Å²) >= 11 is 0. The summed E-state index contributed by atoms with van der Waals surface area (Å²) in [6, 6.07) is 8.95. The van der Waals surface area contributed by atoms with E-state index in [4.69, 9.17) is 8.92 Å². The fourth-order valence-corrected chi connectivity index (χ4v) is 2.34. The van der Waals surface area contributed by atoms with E-state index in [0.717, 1.165) is 11.6 Å². The van der Waals surface area contributed by atoms with Crippen LogP contribution in [-0.4, -0.2) is 30.9 Å². The number of rotatable bonds is 3. The summed E-state index contributed by atoms with van der Waals surface area (Å²) in [6.07, 6.45) is 0.397. The van der Waals surface area contributed by atoms with Gasteiger partial charge in [-0.1, -0.05) is 18.2 Å². The molecule has 0 unspecified atom stereocenters. The van der Waals surface area contributed by atoms with Gasteiger partial charge in [0.25, 0.3) is 10.1 Å². The van der Waals surface area contributed by atoms with Crippen LogP contribution >= 0.6 is 0 Å². The van der Waals surface area contributed by atoms with Crippen molar-refractivity contribution >= 4 is 27.1 Å². The highest BCUT2D eigenvalue weighted by Gasteiger charge is 2.22. The molecule has 0 fully saturated rings. The van der Waals surface area contributed by atoms with Crippen LogP contribution in [0.1, 0.15) is 26.5 Å². The number of fused-ring (bicyclic) bond motifs is 1. The van der Waals surface area contributed by atoms with Gasteiger partial charge in [-0.15, -0.1) is 0 Å². The van der Waals surface area contributed by atoms with Crippen molar-refractivity contribution in [1.29, 1.82) is 0 Å². The number of para-hydroxylation sites is 1. The monoisotopic (exact) mass is 325 g/mol. The normalized spacial score (nSPS) is 12.5. The lowest BCUT2D eigenvalue weighted by Gasteiger charge is -2.20. The first-order valence-corrected chi connectivity index (χ1v) is 8.55. The van der Waals surface area contributed by atoms with Crippen LogP contribution in [0, 0.1) is 0 Å².